The Morgan fingerprint density at radius 1 is 0.815 bits per heavy atom. The highest BCUT2D eigenvalue weighted by Crippen LogP contribution is 2.20. The monoisotopic (exact) mass is 417 g/mol. The number of likely N-dealkylation sites (tertiary alicyclic amines) is 1. The molecule has 0 N–H and O–H groups in total. The largest absolute Gasteiger partial charge is 0.741 e. The molecule has 4 nitrogen and oxygen atoms in total. The van der Waals surface area contributed by atoms with E-state index in [0.29, 0.717) is 0 Å². The lowest BCUT2D eigenvalue weighted by molar-refractivity contribution is -0.914. The van der Waals surface area contributed by atoms with Crippen molar-refractivity contribution in [2.75, 3.05) is 26.7 Å². The lowest BCUT2D eigenvalue weighted by Gasteiger charge is -2.37. The fourth-order valence-electron chi connectivity index (χ4n) is 3.48. The third-order valence-electron chi connectivity index (χ3n) is 5.23. The maximum Gasteiger partial charge on any atom is 0.485 e. The summed E-state index contributed by atoms with van der Waals surface area (Å²) < 4.78 is 60.3. The van der Waals surface area contributed by atoms with Gasteiger partial charge in [0.05, 0.1) is 26.7 Å². The number of halogens is 3. The molecule has 0 aliphatic carbocycles. The number of hydrogen-bond acceptors (Lipinski definition) is 3. The van der Waals surface area contributed by atoms with Gasteiger partial charge in [-0.25, -0.2) is 8.42 Å². The van der Waals surface area contributed by atoms with Gasteiger partial charge in [0, 0.05) is 0 Å². The molecule has 0 saturated carbocycles. The minimum absolute atomic E-state index is 1.37. The van der Waals surface area contributed by atoms with Crippen LogP contribution in [0.15, 0.2) is 0 Å². The van der Waals surface area contributed by atoms with Crippen molar-refractivity contribution in [1.29, 1.82) is 0 Å². The van der Waals surface area contributed by atoms with Gasteiger partial charge in [-0.15, -0.1) is 0 Å². The summed E-state index contributed by atoms with van der Waals surface area (Å²) in [6, 6.07) is 0. The number of alkyl halides is 3. The van der Waals surface area contributed by atoms with E-state index in [0.717, 1.165) is 0 Å². The van der Waals surface area contributed by atoms with Crippen LogP contribution < -0.4 is 0 Å². The van der Waals surface area contributed by atoms with Crippen LogP contribution in [0.3, 0.4) is 0 Å². The van der Waals surface area contributed by atoms with Crippen molar-refractivity contribution in [3.8, 4) is 0 Å². The third-order valence-corrected chi connectivity index (χ3v) is 5.80. The van der Waals surface area contributed by atoms with Crippen molar-refractivity contribution in [3.63, 3.8) is 0 Å². The second-order valence-corrected chi connectivity index (χ2v) is 9.30. The number of hydrogen-bond donors (Lipinski definition) is 0. The fourth-order valence-corrected chi connectivity index (χ4v) is 3.48. The van der Waals surface area contributed by atoms with Gasteiger partial charge in [0.25, 0.3) is 0 Å². The van der Waals surface area contributed by atoms with E-state index >= 15 is 0 Å². The van der Waals surface area contributed by atoms with Crippen LogP contribution in [0.25, 0.3) is 0 Å². The van der Waals surface area contributed by atoms with Gasteiger partial charge in [0.15, 0.2) is 10.1 Å². The molecule has 1 heterocycles. The summed E-state index contributed by atoms with van der Waals surface area (Å²) in [5.74, 6) is 0. The van der Waals surface area contributed by atoms with Crippen molar-refractivity contribution in [1.82, 2.24) is 0 Å². The van der Waals surface area contributed by atoms with Crippen LogP contribution in [0, 0.1) is 0 Å². The van der Waals surface area contributed by atoms with Gasteiger partial charge in [-0.2, -0.15) is 13.2 Å². The van der Waals surface area contributed by atoms with Crippen LogP contribution in [0.1, 0.15) is 90.4 Å². The minimum Gasteiger partial charge on any atom is -0.741 e. The summed E-state index contributed by atoms with van der Waals surface area (Å²) in [5.41, 5.74) is -5.65. The summed E-state index contributed by atoms with van der Waals surface area (Å²) in [4.78, 5) is 0. The Kier molecular flexibility index (Phi) is 13.6. The summed E-state index contributed by atoms with van der Waals surface area (Å²) in [7, 11) is -3.61. The van der Waals surface area contributed by atoms with Crippen molar-refractivity contribution < 1.29 is 30.6 Å². The molecule has 0 unspecified atom stereocenters. The lowest BCUT2D eigenvalue weighted by atomic mass is 10.0. The smallest absolute Gasteiger partial charge is 0.485 e. The molecule has 1 fully saturated rings. The van der Waals surface area contributed by atoms with Crippen LogP contribution in [0.5, 0.6) is 0 Å². The van der Waals surface area contributed by atoms with Crippen LogP contribution in [0.2, 0.25) is 0 Å². The molecule has 1 rings (SSSR count). The van der Waals surface area contributed by atoms with E-state index in [-0.39, 0.29) is 0 Å². The standard InChI is InChI=1S/C18H38N.CHF3O3S/c1-3-4-5-6-7-8-9-10-11-13-16-19(2)17-14-12-15-18-19;2-1(3,4)8(5,6)7/h3-18H2,1-2H3;(H,5,6,7)/q+1;/p-1. The first kappa shape index (κ1) is 26.7. The van der Waals surface area contributed by atoms with E-state index in [1.165, 1.54) is 108 Å². The minimum atomic E-state index is -6.09. The highest BCUT2D eigenvalue weighted by atomic mass is 32.2. The Hall–Kier alpha value is -0.340. The molecule has 0 aromatic heterocycles. The first-order valence-corrected chi connectivity index (χ1v) is 11.8. The summed E-state index contributed by atoms with van der Waals surface area (Å²) in [5, 5.41) is 0. The Morgan fingerprint density at radius 3 is 1.56 bits per heavy atom. The maximum atomic E-state index is 10.7. The molecule has 27 heavy (non-hydrogen) atoms. The summed E-state index contributed by atoms with van der Waals surface area (Å²) >= 11 is 0. The van der Waals surface area contributed by atoms with Crippen LogP contribution in [-0.4, -0.2) is 49.6 Å². The van der Waals surface area contributed by atoms with E-state index in [2.05, 4.69) is 14.0 Å². The number of piperidine rings is 1. The van der Waals surface area contributed by atoms with Crippen molar-refractivity contribution in [2.45, 2.75) is 95.9 Å². The highest BCUT2D eigenvalue weighted by molar-refractivity contribution is 7.86. The van der Waals surface area contributed by atoms with Crippen molar-refractivity contribution in [2.24, 2.45) is 0 Å². The normalized spacial score (nSPS) is 17.3. The van der Waals surface area contributed by atoms with Crippen LogP contribution in [-0.2, 0) is 10.1 Å². The molecule has 0 radical (unpaired) electrons. The van der Waals surface area contributed by atoms with Gasteiger partial charge in [0.1, 0.15) is 0 Å². The summed E-state index contributed by atoms with van der Waals surface area (Å²) in [6.07, 6.45) is 19.0. The lowest BCUT2D eigenvalue weighted by Crippen LogP contribution is -2.48. The van der Waals surface area contributed by atoms with E-state index < -0.39 is 15.6 Å². The average molecular weight is 418 g/mol. The zero-order valence-electron chi connectivity index (χ0n) is 17.0. The van der Waals surface area contributed by atoms with Gasteiger partial charge < -0.3 is 9.04 Å². The van der Waals surface area contributed by atoms with Crippen LogP contribution >= 0.6 is 0 Å². The molecule has 0 atom stereocenters. The van der Waals surface area contributed by atoms with Crippen LogP contribution in [0.4, 0.5) is 13.2 Å². The quantitative estimate of drug-likeness (QED) is 0.191. The Labute approximate surface area is 163 Å². The van der Waals surface area contributed by atoms with E-state index in [1.54, 1.807) is 0 Å². The molecule has 1 saturated heterocycles. The molecular weight excluding hydrogens is 379 g/mol. The van der Waals surface area contributed by atoms with Gasteiger partial charge in [-0.3, -0.25) is 0 Å². The second-order valence-electron chi connectivity index (χ2n) is 7.93. The van der Waals surface area contributed by atoms with Gasteiger partial charge >= 0.3 is 5.51 Å². The molecular formula is C19H38F3NO3S. The SMILES string of the molecule is CCCCCCCCCCCC[N+]1(C)CCCCC1.O=S(=O)([O-])C(F)(F)F. The molecule has 0 aromatic carbocycles. The first-order valence-electron chi connectivity index (χ1n) is 10.4. The van der Waals surface area contributed by atoms with Gasteiger partial charge in [-0.1, -0.05) is 58.3 Å². The summed E-state index contributed by atoms with van der Waals surface area (Å²) in [6.45, 7) is 6.62. The second kappa shape index (κ2) is 13.8. The number of unbranched alkanes of at least 4 members (excludes halogenated alkanes) is 9. The molecule has 0 aromatic rings. The van der Waals surface area contributed by atoms with Gasteiger partial charge in [0.2, 0.25) is 0 Å². The van der Waals surface area contributed by atoms with E-state index in [4.69, 9.17) is 13.0 Å². The molecule has 1 aliphatic heterocycles. The van der Waals surface area contributed by atoms with Crippen molar-refractivity contribution >= 4 is 10.1 Å². The predicted molar refractivity (Wildman–Crippen MR) is 102 cm³/mol. The number of rotatable bonds is 11. The Morgan fingerprint density at radius 2 is 1.19 bits per heavy atom. The molecule has 0 spiro atoms. The molecule has 8 heteroatoms. The molecule has 164 valence electrons. The highest BCUT2D eigenvalue weighted by Gasteiger charge is 2.36. The Balaban J connectivity index is 0.000000713. The molecule has 0 bridgehead atoms. The van der Waals surface area contributed by atoms with Gasteiger partial charge in [-0.05, 0) is 32.1 Å². The van der Waals surface area contributed by atoms with Crippen molar-refractivity contribution in [3.05, 3.63) is 0 Å². The first-order chi connectivity index (χ1) is 12.5. The predicted octanol–water partition coefficient (Wildman–Crippen LogP) is 5.59. The average Bonchev–Trinajstić information content (AvgIpc) is 2.56. The maximum absolute atomic E-state index is 10.7. The fraction of sp³-hybridized carbons (Fsp3) is 1.00. The topological polar surface area (TPSA) is 57.2 Å². The number of nitrogens with zero attached hydrogens (tertiary/aromatic N) is 1. The third kappa shape index (κ3) is 14.3. The molecule has 1 aliphatic rings. The zero-order valence-corrected chi connectivity index (χ0v) is 17.8. The van der Waals surface area contributed by atoms with E-state index in [9.17, 15) is 13.2 Å². The molecule has 0 amide bonds. The zero-order chi connectivity index (χ0) is 20.8. The Bertz CT molecular complexity index is 461. The number of quaternary nitrogens is 1. The van der Waals surface area contributed by atoms with E-state index in [1.807, 2.05) is 0 Å².